The molecule has 0 spiro atoms. The molecule has 24 heavy (non-hydrogen) atoms. The van der Waals surface area contributed by atoms with Gasteiger partial charge in [0.15, 0.2) is 5.70 Å². The van der Waals surface area contributed by atoms with Crippen molar-refractivity contribution < 1.29 is 14.5 Å². The number of hydrogen-bond acceptors (Lipinski definition) is 5. The number of nitro groups is 1. The lowest BCUT2D eigenvalue weighted by Gasteiger charge is -2.00. The number of esters is 1. The SMILES string of the molecule is O=C1OC(c2cc(Cl)cc([N+](=O)[O-])c2)=N/C1=C\c1cccc(Cl)c1. The molecule has 0 aromatic heterocycles. The first-order valence-electron chi connectivity index (χ1n) is 6.66. The van der Waals surface area contributed by atoms with E-state index in [1.807, 2.05) is 0 Å². The van der Waals surface area contributed by atoms with E-state index in [9.17, 15) is 14.9 Å². The zero-order valence-corrected chi connectivity index (χ0v) is 13.4. The largest absolute Gasteiger partial charge is 0.402 e. The minimum atomic E-state index is -0.660. The average Bonchev–Trinajstić information content (AvgIpc) is 2.88. The van der Waals surface area contributed by atoms with Crippen molar-refractivity contribution in [2.75, 3.05) is 0 Å². The molecule has 6 nitrogen and oxygen atoms in total. The van der Waals surface area contributed by atoms with E-state index in [1.165, 1.54) is 24.3 Å². The lowest BCUT2D eigenvalue weighted by atomic mass is 10.2. The Labute approximate surface area is 146 Å². The van der Waals surface area contributed by atoms with Gasteiger partial charge in [-0.05, 0) is 29.8 Å². The van der Waals surface area contributed by atoms with Crippen LogP contribution in [0.3, 0.4) is 0 Å². The monoisotopic (exact) mass is 362 g/mol. The second-order valence-corrected chi connectivity index (χ2v) is 5.72. The van der Waals surface area contributed by atoms with Gasteiger partial charge in [-0.25, -0.2) is 9.79 Å². The number of carbonyl (C=O) groups excluding carboxylic acids is 1. The maximum atomic E-state index is 11.9. The molecule has 0 saturated carbocycles. The maximum absolute atomic E-state index is 11.9. The number of halogens is 2. The normalized spacial score (nSPS) is 15.3. The molecule has 3 rings (SSSR count). The third kappa shape index (κ3) is 3.45. The van der Waals surface area contributed by atoms with Gasteiger partial charge in [0.05, 0.1) is 4.92 Å². The van der Waals surface area contributed by atoms with E-state index < -0.39 is 10.9 Å². The van der Waals surface area contributed by atoms with Crippen LogP contribution in [0.4, 0.5) is 5.69 Å². The van der Waals surface area contributed by atoms with Gasteiger partial charge in [0.2, 0.25) is 5.90 Å². The number of nitrogens with zero attached hydrogens (tertiary/aromatic N) is 2. The minimum absolute atomic E-state index is 0.0427. The second-order valence-electron chi connectivity index (χ2n) is 4.85. The number of carbonyl (C=O) groups is 1. The van der Waals surface area contributed by atoms with Crippen molar-refractivity contribution in [2.24, 2.45) is 4.99 Å². The van der Waals surface area contributed by atoms with Gasteiger partial charge in [-0.1, -0.05) is 35.3 Å². The van der Waals surface area contributed by atoms with Gasteiger partial charge in [-0.15, -0.1) is 0 Å². The summed E-state index contributed by atoms with van der Waals surface area (Å²) in [7, 11) is 0. The third-order valence-corrected chi connectivity index (χ3v) is 3.57. The van der Waals surface area contributed by atoms with E-state index >= 15 is 0 Å². The Kier molecular flexibility index (Phi) is 4.33. The van der Waals surface area contributed by atoms with Crippen LogP contribution in [-0.2, 0) is 9.53 Å². The third-order valence-electron chi connectivity index (χ3n) is 3.11. The molecule has 0 fully saturated rings. The van der Waals surface area contributed by atoms with Gasteiger partial charge in [-0.3, -0.25) is 10.1 Å². The highest BCUT2D eigenvalue weighted by atomic mass is 35.5. The smallest absolute Gasteiger partial charge is 0.363 e. The summed E-state index contributed by atoms with van der Waals surface area (Å²) in [5.74, 6) is -0.702. The van der Waals surface area contributed by atoms with Crippen LogP contribution in [0.2, 0.25) is 10.0 Å². The lowest BCUT2D eigenvalue weighted by Crippen LogP contribution is -2.06. The number of cyclic esters (lactones) is 1. The summed E-state index contributed by atoms with van der Waals surface area (Å²) in [5.41, 5.74) is 0.770. The molecule has 120 valence electrons. The molecule has 8 heteroatoms. The van der Waals surface area contributed by atoms with Gasteiger partial charge >= 0.3 is 5.97 Å². The zero-order valence-electron chi connectivity index (χ0n) is 11.9. The molecule has 1 aliphatic heterocycles. The van der Waals surface area contributed by atoms with Crippen LogP contribution in [0.25, 0.3) is 6.08 Å². The number of ether oxygens (including phenoxy) is 1. The lowest BCUT2D eigenvalue weighted by molar-refractivity contribution is -0.384. The summed E-state index contributed by atoms with van der Waals surface area (Å²) < 4.78 is 5.08. The fraction of sp³-hybridized carbons (Fsp3) is 0. The fourth-order valence-electron chi connectivity index (χ4n) is 2.09. The van der Waals surface area contributed by atoms with Crippen LogP contribution in [0.5, 0.6) is 0 Å². The minimum Gasteiger partial charge on any atom is -0.402 e. The van der Waals surface area contributed by atoms with Crippen molar-refractivity contribution in [1.29, 1.82) is 0 Å². The Morgan fingerprint density at radius 2 is 1.92 bits per heavy atom. The molecule has 0 radical (unpaired) electrons. The topological polar surface area (TPSA) is 81.8 Å². The van der Waals surface area contributed by atoms with E-state index in [0.717, 1.165) is 0 Å². The van der Waals surface area contributed by atoms with Crippen LogP contribution in [0, 0.1) is 10.1 Å². The van der Waals surface area contributed by atoms with Crippen molar-refractivity contribution >= 4 is 46.8 Å². The van der Waals surface area contributed by atoms with E-state index in [0.29, 0.717) is 10.6 Å². The van der Waals surface area contributed by atoms with E-state index in [2.05, 4.69) is 4.99 Å². The van der Waals surface area contributed by atoms with E-state index in [-0.39, 0.29) is 27.9 Å². The molecule has 1 aliphatic rings. The Bertz CT molecular complexity index is 922. The average molecular weight is 363 g/mol. The Hall–Kier alpha value is -2.70. The first kappa shape index (κ1) is 16.2. The van der Waals surface area contributed by atoms with E-state index in [4.69, 9.17) is 27.9 Å². The Balaban J connectivity index is 1.99. The quantitative estimate of drug-likeness (QED) is 0.353. The standard InChI is InChI=1S/C16H8Cl2N2O4/c17-11-3-1-2-9(4-11)5-14-16(21)24-15(19-14)10-6-12(18)8-13(7-10)20(22)23/h1-8H/b14-5-. The second kappa shape index (κ2) is 6.43. The number of aliphatic imine (C=N–C) groups is 1. The predicted octanol–water partition coefficient (Wildman–Crippen LogP) is 4.25. The summed E-state index contributed by atoms with van der Waals surface area (Å²) in [5, 5.41) is 11.6. The summed E-state index contributed by atoms with van der Waals surface area (Å²) in [6.07, 6.45) is 1.51. The molecule has 2 aromatic carbocycles. The van der Waals surface area contributed by atoms with Gasteiger partial charge in [0.1, 0.15) is 0 Å². The molecule has 0 saturated heterocycles. The first-order valence-corrected chi connectivity index (χ1v) is 7.41. The van der Waals surface area contributed by atoms with Crippen LogP contribution in [0.1, 0.15) is 11.1 Å². The van der Waals surface area contributed by atoms with Crippen LogP contribution < -0.4 is 0 Å². The number of non-ortho nitro benzene ring substituents is 1. The summed E-state index contributed by atoms with van der Waals surface area (Å²) in [6.45, 7) is 0. The van der Waals surface area contributed by atoms with Gasteiger partial charge in [-0.2, -0.15) is 0 Å². The number of hydrogen-bond donors (Lipinski definition) is 0. The zero-order chi connectivity index (χ0) is 17.3. The molecule has 2 aromatic rings. The highest BCUT2D eigenvalue weighted by molar-refractivity contribution is 6.31. The van der Waals surface area contributed by atoms with Gasteiger partial charge in [0.25, 0.3) is 5.69 Å². The van der Waals surface area contributed by atoms with Crippen molar-refractivity contribution in [3.63, 3.8) is 0 Å². The number of rotatable bonds is 3. The first-order chi connectivity index (χ1) is 11.4. The summed E-state index contributed by atoms with van der Waals surface area (Å²) in [4.78, 5) is 26.3. The fourth-order valence-corrected chi connectivity index (χ4v) is 2.52. The number of benzene rings is 2. The van der Waals surface area contributed by atoms with Gasteiger partial charge < -0.3 is 4.74 Å². The molecule has 0 atom stereocenters. The molecular formula is C16H8Cl2N2O4. The summed E-state index contributed by atoms with van der Waals surface area (Å²) in [6, 6.07) is 10.7. The molecule has 0 N–H and O–H groups in total. The maximum Gasteiger partial charge on any atom is 0.363 e. The van der Waals surface area contributed by atoms with Crippen molar-refractivity contribution in [3.8, 4) is 0 Å². The van der Waals surface area contributed by atoms with Crippen LogP contribution >= 0.6 is 23.2 Å². The highest BCUT2D eigenvalue weighted by Gasteiger charge is 2.25. The number of nitro benzene ring substituents is 1. The van der Waals surface area contributed by atoms with Gasteiger partial charge in [0, 0.05) is 27.7 Å². The molecule has 0 aliphatic carbocycles. The Morgan fingerprint density at radius 1 is 1.12 bits per heavy atom. The van der Waals surface area contributed by atoms with Crippen LogP contribution in [-0.4, -0.2) is 16.8 Å². The molecule has 1 heterocycles. The molecule has 0 unspecified atom stereocenters. The van der Waals surface area contributed by atoms with Crippen LogP contribution in [0.15, 0.2) is 53.2 Å². The highest BCUT2D eigenvalue weighted by Crippen LogP contribution is 2.25. The van der Waals surface area contributed by atoms with E-state index in [1.54, 1.807) is 24.3 Å². The summed E-state index contributed by atoms with van der Waals surface area (Å²) >= 11 is 11.8. The van der Waals surface area contributed by atoms with Crippen molar-refractivity contribution in [1.82, 2.24) is 0 Å². The molecule has 0 bridgehead atoms. The van der Waals surface area contributed by atoms with Crippen molar-refractivity contribution in [2.45, 2.75) is 0 Å². The predicted molar refractivity (Wildman–Crippen MR) is 90.2 cm³/mol. The molecule has 0 amide bonds. The van der Waals surface area contributed by atoms with Crippen molar-refractivity contribution in [3.05, 3.63) is 79.4 Å². The molecular weight excluding hydrogens is 355 g/mol. The Morgan fingerprint density at radius 3 is 2.62 bits per heavy atom.